The van der Waals surface area contributed by atoms with Gasteiger partial charge in [0.25, 0.3) is 0 Å². The van der Waals surface area contributed by atoms with Gasteiger partial charge in [-0.15, -0.1) is 11.3 Å². The van der Waals surface area contributed by atoms with E-state index in [1.54, 1.807) is 7.11 Å². The Kier molecular flexibility index (Phi) is 4.73. The Bertz CT molecular complexity index is 394. The first-order valence-corrected chi connectivity index (χ1v) is 7.35. The first kappa shape index (κ1) is 13.2. The van der Waals surface area contributed by atoms with Crippen molar-refractivity contribution in [2.45, 2.75) is 6.42 Å². The number of likely N-dealkylation sites (tertiary alicyclic amines) is 1. The van der Waals surface area contributed by atoms with E-state index in [2.05, 4.69) is 20.8 Å². The van der Waals surface area contributed by atoms with Gasteiger partial charge in [0.1, 0.15) is 0 Å². The minimum atomic E-state index is 0.213. The van der Waals surface area contributed by atoms with Crippen molar-refractivity contribution >= 4 is 33.0 Å². The number of methoxy groups -OCH3 is 1. The lowest BCUT2D eigenvalue weighted by molar-refractivity contribution is 0.0940. The highest BCUT2D eigenvalue weighted by molar-refractivity contribution is 9.10. The summed E-state index contributed by atoms with van der Waals surface area (Å²) in [6, 6.07) is 1.93. The number of carbonyl (C=O) groups excluding carboxylic acids is 1. The molecule has 0 amide bonds. The van der Waals surface area contributed by atoms with Crippen molar-refractivity contribution < 1.29 is 9.53 Å². The summed E-state index contributed by atoms with van der Waals surface area (Å²) in [6.45, 7) is 3.30. The van der Waals surface area contributed by atoms with Crippen LogP contribution in [0.4, 0.5) is 0 Å². The van der Waals surface area contributed by atoms with Crippen LogP contribution in [0.15, 0.2) is 15.9 Å². The lowest BCUT2D eigenvalue weighted by atomic mass is 10.1. The molecule has 1 saturated heterocycles. The summed E-state index contributed by atoms with van der Waals surface area (Å²) in [5.74, 6) is 0.796. The molecule has 3 nitrogen and oxygen atoms in total. The van der Waals surface area contributed by atoms with Gasteiger partial charge in [0, 0.05) is 18.1 Å². The molecule has 94 valence electrons. The lowest BCUT2D eigenvalue weighted by Gasteiger charge is -2.14. The van der Waals surface area contributed by atoms with E-state index in [0.29, 0.717) is 12.5 Å². The Hall–Kier alpha value is -0.230. The second kappa shape index (κ2) is 6.09. The van der Waals surface area contributed by atoms with Crippen LogP contribution in [0.3, 0.4) is 0 Å². The third-order valence-electron chi connectivity index (χ3n) is 3.01. The summed E-state index contributed by atoms with van der Waals surface area (Å²) in [5.41, 5.74) is 0. The number of Topliss-reactive ketones (excluding diaryl/α,β-unsaturated/α-hetero) is 1. The van der Waals surface area contributed by atoms with E-state index in [4.69, 9.17) is 4.74 Å². The number of ketones is 1. The van der Waals surface area contributed by atoms with Crippen LogP contribution in [0.1, 0.15) is 16.1 Å². The molecule has 2 rings (SSSR count). The average molecular weight is 318 g/mol. The molecular weight excluding hydrogens is 302 g/mol. The summed E-state index contributed by atoms with van der Waals surface area (Å²) in [5, 5.41) is 1.94. The maximum atomic E-state index is 12.1. The second-order valence-electron chi connectivity index (χ2n) is 4.37. The van der Waals surface area contributed by atoms with E-state index >= 15 is 0 Å². The number of hydrogen-bond acceptors (Lipinski definition) is 4. The number of hydrogen-bond donors (Lipinski definition) is 0. The summed E-state index contributed by atoms with van der Waals surface area (Å²) >= 11 is 4.91. The smallest absolute Gasteiger partial charge is 0.187 e. The van der Waals surface area contributed by atoms with Crippen LogP contribution in [0.25, 0.3) is 0 Å². The summed E-state index contributed by atoms with van der Waals surface area (Å²) in [7, 11) is 1.73. The number of halogens is 1. The van der Waals surface area contributed by atoms with Crippen LogP contribution >= 0.6 is 27.3 Å². The fraction of sp³-hybridized carbons (Fsp3) is 0.583. The van der Waals surface area contributed by atoms with Gasteiger partial charge >= 0.3 is 0 Å². The van der Waals surface area contributed by atoms with Gasteiger partial charge in [-0.05, 0) is 46.3 Å². The van der Waals surface area contributed by atoms with Crippen molar-refractivity contribution in [2.24, 2.45) is 5.92 Å². The fourth-order valence-electron chi connectivity index (χ4n) is 2.20. The van der Waals surface area contributed by atoms with Crippen molar-refractivity contribution in [3.05, 3.63) is 20.8 Å². The molecule has 0 aromatic carbocycles. The van der Waals surface area contributed by atoms with Gasteiger partial charge in [0.15, 0.2) is 5.78 Å². The van der Waals surface area contributed by atoms with Gasteiger partial charge in [-0.3, -0.25) is 9.69 Å². The minimum absolute atomic E-state index is 0.213. The van der Waals surface area contributed by atoms with Gasteiger partial charge in [0.2, 0.25) is 0 Å². The van der Waals surface area contributed by atoms with Gasteiger partial charge < -0.3 is 4.74 Å². The number of rotatable bonds is 5. The highest BCUT2D eigenvalue weighted by Crippen LogP contribution is 2.24. The molecule has 0 saturated carbocycles. The van der Waals surface area contributed by atoms with Crippen molar-refractivity contribution in [3.8, 4) is 0 Å². The molecule has 0 radical (unpaired) electrons. The molecule has 1 aromatic heterocycles. The second-order valence-corrected chi connectivity index (χ2v) is 6.14. The lowest BCUT2D eigenvalue weighted by Crippen LogP contribution is -2.28. The third kappa shape index (κ3) is 3.37. The van der Waals surface area contributed by atoms with E-state index in [1.165, 1.54) is 11.3 Å². The molecule has 1 aromatic rings. The van der Waals surface area contributed by atoms with Crippen molar-refractivity contribution in [1.29, 1.82) is 0 Å². The highest BCUT2D eigenvalue weighted by atomic mass is 79.9. The van der Waals surface area contributed by atoms with Gasteiger partial charge in [0.05, 0.1) is 18.0 Å². The van der Waals surface area contributed by atoms with Crippen LogP contribution in [-0.2, 0) is 4.74 Å². The molecule has 1 aliphatic rings. The van der Waals surface area contributed by atoms with Crippen LogP contribution in [0.5, 0.6) is 0 Å². The molecular formula is C12H16BrNO2S. The standard InChI is InChI=1S/C12H16BrNO2S/c1-16-8-9-2-4-14(6-9)7-11(15)12-10(13)3-5-17-12/h3,5,9H,2,4,6-8H2,1H3. The molecule has 0 aliphatic carbocycles. The zero-order valence-electron chi connectivity index (χ0n) is 9.82. The topological polar surface area (TPSA) is 29.5 Å². The third-order valence-corrected chi connectivity index (χ3v) is 4.89. The molecule has 17 heavy (non-hydrogen) atoms. The van der Waals surface area contributed by atoms with Crippen molar-refractivity contribution in [3.63, 3.8) is 0 Å². The van der Waals surface area contributed by atoms with Crippen LogP contribution in [0, 0.1) is 5.92 Å². The first-order valence-electron chi connectivity index (χ1n) is 5.68. The molecule has 1 aliphatic heterocycles. The quantitative estimate of drug-likeness (QED) is 0.782. The highest BCUT2D eigenvalue weighted by Gasteiger charge is 2.25. The summed E-state index contributed by atoms with van der Waals surface area (Å²) in [4.78, 5) is 15.1. The molecule has 2 heterocycles. The molecule has 1 unspecified atom stereocenters. The Balaban J connectivity index is 1.86. The van der Waals surface area contributed by atoms with Crippen LogP contribution in [0.2, 0.25) is 0 Å². The van der Waals surface area contributed by atoms with Crippen molar-refractivity contribution in [2.75, 3.05) is 33.4 Å². The van der Waals surface area contributed by atoms with E-state index in [1.807, 2.05) is 11.4 Å². The summed E-state index contributed by atoms with van der Waals surface area (Å²) in [6.07, 6.45) is 1.13. The summed E-state index contributed by atoms with van der Waals surface area (Å²) < 4.78 is 6.07. The first-order chi connectivity index (χ1) is 8.20. The zero-order chi connectivity index (χ0) is 12.3. The molecule has 0 N–H and O–H groups in total. The molecule has 0 spiro atoms. The Morgan fingerprint density at radius 3 is 3.18 bits per heavy atom. The largest absolute Gasteiger partial charge is 0.384 e. The predicted octanol–water partition coefficient (Wildman–Crippen LogP) is 2.66. The zero-order valence-corrected chi connectivity index (χ0v) is 12.2. The maximum Gasteiger partial charge on any atom is 0.187 e. The Morgan fingerprint density at radius 2 is 2.53 bits per heavy atom. The monoisotopic (exact) mass is 317 g/mol. The molecule has 5 heteroatoms. The fourth-order valence-corrected chi connectivity index (χ4v) is 3.72. The predicted molar refractivity (Wildman–Crippen MR) is 72.8 cm³/mol. The van der Waals surface area contributed by atoms with Crippen LogP contribution < -0.4 is 0 Å². The van der Waals surface area contributed by atoms with E-state index in [9.17, 15) is 4.79 Å². The number of nitrogens with zero attached hydrogens (tertiary/aromatic N) is 1. The van der Waals surface area contributed by atoms with E-state index < -0.39 is 0 Å². The van der Waals surface area contributed by atoms with Gasteiger partial charge in [-0.2, -0.15) is 0 Å². The van der Waals surface area contributed by atoms with Crippen LogP contribution in [-0.4, -0.2) is 44.0 Å². The van der Waals surface area contributed by atoms with E-state index in [-0.39, 0.29) is 5.78 Å². The van der Waals surface area contributed by atoms with E-state index in [0.717, 1.165) is 35.5 Å². The SMILES string of the molecule is COCC1CCN(CC(=O)c2sccc2Br)C1. The Labute approximate surface area is 114 Å². The Morgan fingerprint density at radius 1 is 1.71 bits per heavy atom. The number of ether oxygens (including phenoxy) is 1. The normalized spacial score (nSPS) is 20.9. The van der Waals surface area contributed by atoms with Gasteiger partial charge in [-0.1, -0.05) is 0 Å². The maximum absolute atomic E-state index is 12.1. The molecule has 0 bridgehead atoms. The van der Waals surface area contributed by atoms with Crippen molar-refractivity contribution in [1.82, 2.24) is 4.90 Å². The number of thiophene rings is 1. The molecule has 1 atom stereocenters. The minimum Gasteiger partial charge on any atom is -0.384 e. The number of carbonyl (C=O) groups is 1. The molecule has 1 fully saturated rings. The average Bonchev–Trinajstić information content (AvgIpc) is 2.88. The van der Waals surface area contributed by atoms with Gasteiger partial charge in [-0.25, -0.2) is 0 Å².